The molecule has 1 fully saturated rings. The van der Waals surface area contributed by atoms with E-state index in [4.69, 9.17) is 9.82 Å². The summed E-state index contributed by atoms with van der Waals surface area (Å²) in [5, 5.41) is 12.4. The molecule has 8 nitrogen and oxygen atoms in total. The molecule has 0 bridgehead atoms. The number of hydroxylamine groups is 2. The fourth-order valence-electron chi connectivity index (χ4n) is 5.44. The van der Waals surface area contributed by atoms with Gasteiger partial charge in [-0.2, -0.15) is 20.0 Å². The standard InChI is InChI=1S/C26H47N7O/c1-12-14-27-20-29-21(31-22(30-20)32-24(6,7)18-23(3,4)5)28-19-16-25(8,9)33(34-15-13-2)26(10,11)17-19/h12-13,19H,1-2,14-18H2,3-11H3,(H3,27,28,29,30,31,32). The molecule has 34 heavy (non-hydrogen) atoms. The lowest BCUT2D eigenvalue weighted by Gasteiger charge is -2.53. The van der Waals surface area contributed by atoms with Crippen molar-refractivity contribution in [3.8, 4) is 0 Å². The number of nitrogens with one attached hydrogen (secondary N) is 3. The Bertz CT molecular complexity index is 824. The van der Waals surface area contributed by atoms with E-state index < -0.39 is 0 Å². The molecule has 0 spiro atoms. The number of nitrogens with zero attached hydrogens (tertiary/aromatic N) is 4. The van der Waals surface area contributed by atoms with Gasteiger partial charge in [-0.15, -0.1) is 13.2 Å². The van der Waals surface area contributed by atoms with Gasteiger partial charge in [0.1, 0.15) is 0 Å². The monoisotopic (exact) mass is 473 g/mol. The molecule has 1 aliphatic heterocycles. The first-order valence-corrected chi connectivity index (χ1v) is 12.3. The molecule has 2 heterocycles. The second-order valence-electron chi connectivity index (χ2n) is 12.5. The number of rotatable bonds is 11. The van der Waals surface area contributed by atoms with Gasteiger partial charge < -0.3 is 16.0 Å². The van der Waals surface area contributed by atoms with Crippen LogP contribution in [-0.2, 0) is 4.84 Å². The molecule has 0 aliphatic carbocycles. The normalized spacial score (nSPS) is 18.9. The maximum absolute atomic E-state index is 6.06. The molecule has 0 saturated carbocycles. The zero-order valence-electron chi connectivity index (χ0n) is 22.9. The number of hydrogen-bond donors (Lipinski definition) is 3. The predicted molar refractivity (Wildman–Crippen MR) is 143 cm³/mol. The summed E-state index contributed by atoms with van der Waals surface area (Å²) in [7, 11) is 0. The first-order valence-electron chi connectivity index (χ1n) is 12.3. The average molecular weight is 474 g/mol. The number of aromatic nitrogens is 3. The van der Waals surface area contributed by atoms with Crippen LogP contribution in [0.4, 0.5) is 17.8 Å². The predicted octanol–water partition coefficient (Wildman–Crippen LogP) is 5.65. The first-order chi connectivity index (χ1) is 15.6. The fourth-order valence-corrected chi connectivity index (χ4v) is 5.44. The van der Waals surface area contributed by atoms with Gasteiger partial charge in [0.2, 0.25) is 17.8 Å². The summed E-state index contributed by atoms with van der Waals surface area (Å²) in [5.74, 6) is 1.65. The Hall–Kier alpha value is -2.19. The van der Waals surface area contributed by atoms with Crippen LogP contribution < -0.4 is 16.0 Å². The van der Waals surface area contributed by atoms with Gasteiger partial charge in [0, 0.05) is 29.2 Å². The van der Waals surface area contributed by atoms with Gasteiger partial charge in [-0.1, -0.05) is 32.9 Å². The molecule has 8 heteroatoms. The van der Waals surface area contributed by atoms with Crippen LogP contribution in [0.2, 0.25) is 0 Å². The van der Waals surface area contributed by atoms with E-state index in [1.165, 1.54) is 0 Å². The van der Waals surface area contributed by atoms with Crippen LogP contribution in [0.5, 0.6) is 0 Å². The van der Waals surface area contributed by atoms with Crippen LogP contribution in [0.25, 0.3) is 0 Å². The number of piperidine rings is 1. The third-order valence-corrected chi connectivity index (χ3v) is 5.71. The quantitative estimate of drug-likeness (QED) is 0.356. The zero-order valence-corrected chi connectivity index (χ0v) is 22.9. The molecular weight excluding hydrogens is 426 g/mol. The highest BCUT2D eigenvalue weighted by Crippen LogP contribution is 2.39. The van der Waals surface area contributed by atoms with Gasteiger partial charge in [-0.25, -0.2) is 0 Å². The number of hydrogen-bond acceptors (Lipinski definition) is 8. The van der Waals surface area contributed by atoms with Crippen LogP contribution in [0.1, 0.15) is 81.6 Å². The minimum atomic E-state index is -0.176. The Morgan fingerprint density at radius 3 is 2.03 bits per heavy atom. The van der Waals surface area contributed by atoms with Gasteiger partial charge in [0.25, 0.3) is 0 Å². The largest absolute Gasteiger partial charge is 0.351 e. The van der Waals surface area contributed by atoms with Crippen LogP contribution in [0, 0.1) is 5.41 Å². The number of anilines is 3. The van der Waals surface area contributed by atoms with Crippen molar-refractivity contribution in [2.24, 2.45) is 5.41 Å². The lowest BCUT2D eigenvalue weighted by molar-refractivity contribution is -0.275. The molecule has 2 rings (SSSR count). The van der Waals surface area contributed by atoms with E-state index in [2.05, 4.69) is 106 Å². The van der Waals surface area contributed by atoms with E-state index in [1.807, 2.05) is 0 Å². The molecule has 3 N–H and O–H groups in total. The second-order valence-corrected chi connectivity index (χ2v) is 12.5. The molecule has 0 amide bonds. The summed E-state index contributed by atoms with van der Waals surface area (Å²) in [5.41, 5.74) is -0.345. The molecule has 1 aromatic heterocycles. The van der Waals surface area contributed by atoms with Crippen molar-refractivity contribution in [3.05, 3.63) is 25.3 Å². The lowest BCUT2D eigenvalue weighted by atomic mass is 9.79. The van der Waals surface area contributed by atoms with Crippen LogP contribution in [0.15, 0.2) is 25.3 Å². The van der Waals surface area contributed by atoms with Crippen LogP contribution in [-0.4, -0.2) is 55.8 Å². The van der Waals surface area contributed by atoms with E-state index in [9.17, 15) is 0 Å². The van der Waals surface area contributed by atoms with Crippen molar-refractivity contribution in [2.45, 2.75) is 104 Å². The first kappa shape index (κ1) is 28.1. The molecule has 1 saturated heterocycles. The SMILES string of the molecule is C=CCNc1nc(NC2CC(C)(C)N(OCC=C)C(C)(C)C2)nc(NC(C)(C)CC(C)(C)C)n1. The van der Waals surface area contributed by atoms with Crippen LogP contribution >= 0.6 is 0 Å². The van der Waals surface area contributed by atoms with E-state index >= 15 is 0 Å². The van der Waals surface area contributed by atoms with Crippen molar-refractivity contribution in [1.29, 1.82) is 0 Å². The van der Waals surface area contributed by atoms with Gasteiger partial charge in [-0.05, 0) is 66.2 Å². The highest BCUT2D eigenvalue weighted by Gasteiger charge is 2.46. The molecule has 0 radical (unpaired) electrons. The van der Waals surface area contributed by atoms with Crippen molar-refractivity contribution in [1.82, 2.24) is 20.0 Å². The Balaban J connectivity index is 2.27. The highest BCUT2D eigenvalue weighted by atomic mass is 16.7. The summed E-state index contributed by atoms with van der Waals surface area (Å²) in [6, 6.07) is 0.179. The van der Waals surface area contributed by atoms with Gasteiger partial charge in [0.15, 0.2) is 0 Å². The Labute approximate surface area is 207 Å². The lowest BCUT2D eigenvalue weighted by Crippen LogP contribution is -2.62. The Kier molecular flexibility index (Phi) is 8.75. The van der Waals surface area contributed by atoms with E-state index in [0.29, 0.717) is 31.0 Å². The third-order valence-electron chi connectivity index (χ3n) is 5.71. The second kappa shape index (κ2) is 10.6. The van der Waals surface area contributed by atoms with Gasteiger partial charge in [0.05, 0.1) is 6.61 Å². The summed E-state index contributed by atoms with van der Waals surface area (Å²) < 4.78 is 0. The topological polar surface area (TPSA) is 87.2 Å². The summed E-state index contributed by atoms with van der Waals surface area (Å²) in [6.07, 6.45) is 6.31. The van der Waals surface area contributed by atoms with Crippen LogP contribution in [0.3, 0.4) is 0 Å². The molecule has 0 atom stereocenters. The van der Waals surface area contributed by atoms with E-state index in [1.54, 1.807) is 12.2 Å². The molecule has 1 aromatic rings. The minimum Gasteiger partial charge on any atom is -0.351 e. The molecule has 1 aliphatic rings. The zero-order chi connectivity index (χ0) is 25.8. The third kappa shape index (κ3) is 8.24. The average Bonchev–Trinajstić information content (AvgIpc) is 2.62. The van der Waals surface area contributed by atoms with Crippen molar-refractivity contribution in [3.63, 3.8) is 0 Å². The van der Waals surface area contributed by atoms with Gasteiger partial charge in [-0.3, -0.25) is 4.84 Å². The minimum absolute atomic E-state index is 0.171. The Morgan fingerprint density at radius 1 is 0.941 bits per heavy atom. The van der Waals surface area contributed by atoms with E-state index in [0.717, 1.165) is 19.3 Å². The van der Waals surface area contributed by atoms with Crippen molar-refractivity contribution in [2.75, 3.05) is 29.1 Å². The Morgan fingerprint density at radius 2 is 1.50 bits per heavy atom. The molecule has 192 valence electrons. The van der Waals surface area contributed by atoms with Crippen molar-refractivity contribution < 1.29 is 4.84 Å². The van der Waals surface area contributed by atoms with E-state index in [-0.39, 0.29) is 28.1 Å². The maximum Gasteiger partial charge on any atom is 0.229 e. The van der Waals surface area contributed by atoms with Gasteiger partial charge >= 0.3 is 0 Å². The molecule has 0 aromatic carbocycles. The fraction of sp³-hybridized carbons (Fsp3) is 0.731. The smallest absolute Gasteiger partial charge is 0.229 e. The summed E-state index contributed by atoms with van der Waals surface area (Å²) in [4.78, 5) is 20.1. The van der Waals surface area contributed by atoms with Crippen molar-refractivity contribution >= 4 is 17.8 Å². The molecular formula is C26H47N7O. The molecule has 0 unspecified atom stereocenters. The maximum atomic E-state index is 6.06. The highest BCUT2D eigenvalue weighted by molar-refractivity contribution is 5.44. The summed E-state index contributed by atoms with van der Waals surface area (Å²) >= 11 is 0. The summed E-state index contributed by atoms with van der Waals surface area (Å²) in [6.45, 7) is 28.5.